The summed E-state index contributed by atoms with van der Waals surface area (Å²) in [5.41, 5.74) is 1.18. The standard InChI is InChI=1S/C31H38N4O6/c1-20-17-34(18-21(2)41-20)30(38)26-16-28(36)32-25(15-22-9-4-3-5-10-22)31(39)35-14-8-11-23(35)19-40-27-13-7-6-12-24(27)29(37)33-26/h3-7,9-10,12-13,20-21,23,25-26H,8,11,14-19H2,1-2H3,(H,32,36)(H,33,37)/t20-,21+,23-,25+,26+/m1/s1. The molecule has 0 unspecified atom stereocenters. The summed E-state index contributed by atoms with van der Waals surface area (Å²) in [6.07, 6.45) is 1.22. The maximum absolute atomic E-state index is 13.9. The van der Waals surface area contributed by atoms with E-state index in [1.54, 1.807) is 34.1 Å². The first-order chi connectivity index (χ1) is 19.8. The predicted octanol–water partition coefficient (Wildman–Crippen LogP) is 1.92. The number of hydrogen-bond donors (Lipinski definition) is 2. The molecule has 2 saturated heterocycles. The average molecular weight is 563 g/mol. The van der Waals surface area contributed by atoms with Gasteiger partial charge in [0.1, 0.15) is 24.4 Å². The smallest absolute Gasteiger partial charge is 0.255 e. The molecule has 5 rings (SSSR count). The number of carbonyl (C=O) groups is 4. The van der Waals surface area contributed by atoms with Gasteiger partial charge in [-0.05, 0) is 44.4 Å². The van der Waals surface area contributed by atoms with Crippen LogP contribution in [0.3, 0.4) is 0 Å². The lowest BCUT2D eigenvalue weighted by Gasteiger charge is -2.37. The van der Waals surface area contributed by atoms with Gasteiger partial charge in [-0.2, -0.15) is 0 Å². The normalized spacial score (nSPS) is 27.6. The van der Waals surface area contributed by atoms with Gasteiger partial charge in [-0.15, -0.1) is 0 Å². The second-order valence-electron chi connectivity index (χ2n) is 11.2. The van der Waals surface area contributed by atoms with Crippen molar-refractivity contribution in [3.8, 4) is 5.75 Å². The van der Waals surface area contributed by atoms with Crippen molar-refractivity contribution in [1.82, 2.24) is 20.4 Å². The fourth-order valence-corrected chi connectivity index (χ4v) is 5.97. The van der Waals surface area contributed by atoms with Gasteiger partial charge in [0.25, 0.3) is 5.91 Å². The van der Waals surface area contributed by atoms with E-state index in [1.807, 2.05) is 44.2 Å². The zero-order valence-corrected chi connectivity index (χ0v) is 23.6. The van der Waals surface area contributed by atoms with E-state index in [2.05, 4.69) is 10.6 Å². The minimum Gasteiger partial charge on any atom is -0.491 e. The number of carbonyl (C=O) groups excluding carboxylic acids is 4. The molecule has 3 aliphatic heterocycles. The van der Waals surface area contributed by atoms with Crippen molar-refractivity contribution in [2.24, 2.45) is 0 Å². The molecule has 0 spiro atoms. The number of fused-ring (bicyclic) bond motifs is 2. The zero-order chi connectivity index (χ0) is 28.9. The Balaban J connectivity index is 1.47. The third-order valence-electron chi connectivity index (χ3n) is 7.86. The van der Waals surface area contributed by atoms with Crippen LogP contribution in [0.2, 0.25) is 0 Å². The SMILES string of the molecule is C[C@@H]1CN(C(=O)[C@@H]2CC(=O)N[C@@H](Cc3ccccc3)C(=O)N3CCC[C@@H]3COc3ccccc3C(=O)N2)C[C@H](C)O1. The Morgan fingerprint density at radius 3 is 2.41 bits per heavy atom. The van der Waals surface area contributed by atoms with Crippen LogP contribution in [-0.2, 0) is 25.5 Å². The summed E-state index contributed by atoms with van der Waals surface area (Å²) in [6.45, 7) is 5.24. The maximum atomic E-state index is 13.9. The molecular formula is C31H38N4O6. The van der Waals surface area contributed by atoms with Crippen LogP contribution in [0.25, 0.3) is 0 Å². The molecule has 0 radical (unpaired) electrons. The molecule has 4 amide bonds. The lowest BCUT2D eigenvalue weighted by Crippen LogP contribution is -2.57. The molecule has 0 bridgehead atoms. The summed E-state index contributed by atoms with van der Waals surface area (Å²) >= 11 is 0. The maximum Gasteiger partial charge on any atom is 0.255 e. The van der Waals surface area contributed by atoms with Crippen molar-refractivity contribution in [2.45, 2.75) is 69.9 Å². The van der Waals surface area contributed by atoms with Crippen molar-refractivity contribution >= 4 is 23.6 Å². The number of rotatable bonds is 3. The molecule has 2 N–H and O–H groups in total. The second kappa shape index (κ2) is 12.7. The largest absolute Gasteiger partial charge is 0.491 e. The second-order valence-corrected chi connectivity index (χ2v) is 11.2. The molecule has 2 fully saturated rings. The van der Waals surface area contributed by atoms with Crippen LogP contribution in [0, 0.1) is 0 Å². The summed E-state index contributed by atoms with van der Waals surface area (Å²) in [5.74, 6) is -1.16. The molecule has 0 aliphatic carbocycles. The monoisotopic (exact) mass is 562 g/mol. The highest BCUT2D eigenvalue weighted by molar-refractivity contribution is 6.01. The Bertz CT molecular complexity index is 1260. The Morgan fingerprint density at radius 1 is 0.951 bits per heavy atom. The number of nitrogens with zero attached hydrogens (tertiary/aromatic N) is 2. The third-order valence-corrected chi connectivity index (χ3v) is 7.86. The highest BCUT2D eigenvalue weighted by Gasteiger charge is 2.37. The average Bonchev–Trinajstić information content (AvgIpc) is 3.43. The first-order valence-electron chi connectivity index (χ1n) is 14.4. The summed E-state index contributed by atoms with van der Waals surface area (Å²) in [4.78, 5) is 58.1. The van der Waals surface area contributed by atoms with E-state index in [9.17, 15) is 19.2 Å². The first-order valence-corrected chi connectivity index (χ1v) is 14.4. The summed E-state index contributed by atoms with van der Waals surface area (Å²) in [6, 6.07) is 14.2. The molecule has 10 heteroatoms. The fraction of sp³-hybridized carbons (Fsp3) is 0.484. The number of hydrogen-bond acceptors (Lipinski definition) is 6. The number of amides is 4. The molecule has 2 aromatic rings. The Morgan fingerprint density at radius 2 is 1.66 bits per heavy atom. The summed E-state index contributed by atoms with van der Waals surface area (Å²) in [7, 11) is 0. The minimum absolute atomic E-state index is 0.179. The first kappa shape index (κ1) is 28.6. The lowest BCUT2D eigenvalue weighted by molar-refractivity contribution is -0.146. The fourth-order valence-electron chi connectivity index (χ4n) is 5.97. The molecule has 5 atom stereocenters. The van der Waals surface area contributed by atoms with Crippen LogP contribution >= 0.6 is 0 Å². The van der Waals surface area contributed by atoms with Gasteiger partial charge < -0.3 is 29.9 Å². The number of morpholine rings is 1. The topological polar surface area (TPSA) is 117 Å². The van der Waals surface area contributed by atoms with E-state index in [0.29, 0.717) is 31.8 Å². The quantitative estimate of drug-likeness (QED) is 0.591. The highest BCUT2D eigenvalue weighted by Crippen LogP contribution is 2.24. The Labute approximate surface area is 240 Å². The van der Waals surface area contributed by atoms with Crippen molar-refractivity contribution in [1.29, 1.82) is 0 Å². The van der Waals surface area contributed by atoms with Crippen molar-refractivity contribution in [2.75, 3.05) is 26.2 Å². The van der Waals surface area contributed by atoms with Crippen LogP contribution in [0.5, 0.6) is 5.75 Å². The van der Waals surface area contributed by atoms with E-state index in [4.69, 9.17) is 9.47 Å². The van der Waals surface area contributed by atoms with Gasteiger partial charge in [0.05, 0.1) is 30.2 Å². The molecule has 3 aliphatic rings. The van der Waals surface area contributed by atoms with Crippen LogP contribution in [0.1, 0.15) is 49.0 Å². The molecule has 0 aromatic heterocycles. The minimum atomic E-state index is -1.14. The van der Waals surface area contributed by atoms with Crippen LogP contribution in [-0.4, -0.2) is 90.0 Å². The van der Waals surface area contributed by atoms with Gasteiger partial charge >= 0.3 is 0 Å². The number of benzene rings is 2. The Kier molecular flexibility index (Phi) is 8.87. The summed E-state index contributed by atoms with van der Waals surface area (Å²) < 4.78 is 11.9. The zero-order valence-electron chi connectivity index (χ0n) is 23.6. The van der Waals surface area contributed by atoms with Crippen molar-refractivity contribution < 1.29 is 28.7 Å². The van der Waals surface area contributed by atoms with Gasteiger partial charge in [0.2, 0.25) is 17.7 Å². The molecule has 0 saturated carbocycles. The molecule has 3 heterocycles. The van der Waals surface area contributed by atoms with Gasteiger partial charge in [-0.1, -0.05) is 42.5 Å². The van der Waals surface area contributed by atoms with Crippen molar-refractivity contribution in [3.63, 3.8) is 0 Å². The van der Waals surface area contributed by atoms with Crippen molar-refractivity contribution in [3.05, 3.63) is 65.7 Å². The molecular weight excluding hydrogens is 524 g/mol. The number of para-hydroxylation sites is 1. The van der Waals surface area contributed by atoms with E-state index < -0.39 is 23.9 Å². The van der Waals surface area contributed by atoms with Gasteiger partial charge in [0, 0.05) is 26.1 Å². The van der Waals surface area contributed by atoms with Gasteiger partial charge in [0.15, 0.2) is 0 Å². The van der Waals surface area contributed by atoms with Crippen LogP contribution in [0.15, 0.2) is 54.6 Å². The van der Waals surface area contributed by atoms with Gasteiger partial charge in [-0.25, -0.2) is 0 Å². The molecule has 2 aromatic carbocycles. The van der Waals surface area contributed by atoms with Crippen LogP contribution < -0.4 is 15.4 Å². The lowest BCUT2D eigenvalue weighted by atomic mass is 10.0. The molecule has 10 nitrogen and oxygen atoms in total. The van der Waals surface area contributed by atoms with Crippen LogP contribution in [0.4, 0.5) is 0 Å². The van der Waals surface area contributed by atoms with E-state index >= 15 is 0 Å². The molecule has 41 heavy (non-hydrogen) atoms. The third kappa shape index (κ3) is 6.87. The summed E-state index contributed by atoms with van der Waals surface area (Å²) in [5, 5.41) is 5.70. The highest BCUT2D eigenvalue weighted by atomic mass is 16.5. The van der Waals surface area contributed by atoms with E-state index in [1.165, 1.54) is 0 Å². The number of nitrogens with one attached hydrogen (secondary N) is 2. The van der Waals surface area contributed by atoms with Gasteiger partial charge in [-0.3, -0.25) is 19.2 Å². The predicted molar refractivity (Wildman–Crippen MR) is 151 cm³/mol. The Hall–Kier alpha value is -3.92. The van der Waals surface area contributed by atoms with E-state index in [-0.39, 0.29) is 48.7 Å². The van der Waals surface area contributed by atoms with E-state index in [0.717, 1.165) is 18.4 Å². The number of ether oxygens (including phenoxy) is 2. The molecule has 218 valence electrons.